The molecule has 7 rings (SSSR count). The van der Waals surface area contributed by atoms with Gasteiger partial charge in [0.15, 0.2) is 5.78 Å². The van der Waals surface area contributed by atoms with Gasteiger partial charge < -0.3 is 14.7 Å². The maximum absolute atomic E-state index is 14.9. The summed E-state index contributed by atoms with van der Waals surface area (Å²) in [6, 6.07) is 8.99. The molecule has 13 heteroatoms. The van der Waals surface area contributed by atoms with Gasteiger partial charge in [0, 0.05) is 40.7 Å². The van der Waals surface area contributed by atoms with Crippen molar-refractivity contribution in [2.24, 2.45) is 0 Å². The number of imide groups is 1. The van der Waals surface area contributed by atoms with E-state index in [-0.39, 0.29) is 46.7 Å². The van der Waals surface area contributed by atoms with Gasteiger partial charge in [-0.25, -0.2) is 9.97 Å². The molecule has 1 aromatic carbocycles. The van der Waals surface area contributed by atoms with E-state index in [0.29, 0.717) is 68.4 Å². The van der Waals surface area contributed by atoms with E-state index in [1.807, 2.05) is 45.9 Å². The zero-order valence-corrected chi connectivity index (χ0v) is 32.5. The Morgan fingerprint density at radius 3 is 2.21 bits per heavy atom. The third kappa shape index (κ3) is 6.42. The van der Waals surface area contributed by atoms with Crippen molar-refractivity contribution in [3.8, 4) is 0 Å². The number of esters is 1. The number of nitrogens with one attached hydrogen (secondary N) is 2. The molecule has 2 amide bonds. The molecule has 4 aliphatic rings. The second kappa shape index (κ2) is 14.0. The Bertz CT molecular complexity index is 2540. The van der Waals surface area contributed by atoms with Gasteiger partial charge in [0.25, 0.3) is 11.8 Å². The van der Waals surface area contributed by atoms with Crippen LogP contribution in [0.4, 0.5) is 13.2 Å². The topological polar surface area (TPSA) is 138 Å². The van der Waals surface area contributed by atoms with Crippen LogP contribution >= 0.6 is 0 Å². The Morgan fingerprint density at radius 1 is 0.875 bits per heavy atom. The highest BCUT2D eigenvalue weighted by atomic mass is 19.4. The van der Waals surface area contributed by atoms with Gasteiger partial charge in [-0.05, 0) is 106 Å². The van der Waals surface area contributed by atoms with Gasteiger partial charge in [-0.2, -0.15) is 13.2 Å². The van der Waals surface area contributed by atoms with Crippen molar-refractivity contribution < 1.29 is 37.1 Å². The van der Waals surface area contributed by atoms with E-state index in [9.17, 15) is 32.3 Å². The largest absolute Gasteiger partial charge is 0.469 e. The molecule has 10 nitrogen and oxygen atoms in total. The molecule has 0 unspecified atom stereocenters. The summed E-state index contributed by atoms with van der Waals surface area (Å²) < 4.78 is 46.7. The van der Waals surface area contributed by atoms with Crippen LogP contribution in [0.1, 0.15) is 143 Å². The number of rotatable bonds is 7. The first-order valence-electron chi connectivity index (χ1n) is 18.5. The molecular formula is C43H42F3N5O5. The average molecular weight is 766 g/mol. The van der Waals surface area contributed by atoms with E-state index in [1.165, 1.54) is 27.0 Å². The molecule has 0 fully saturated rings. The number of amides is 2. The molecule has 3 aromatic rings. The summed E-state index contributed by atoms with van der Waals surface area (Å²) in [6.07, 6.45) is -3.71. The summed E-state index contributed by atoms with van der Waals surface area (Å²) in [4.78, 5) is 72.8. The number of fused-ring (bicyclic) bond motifs is 8. The number of alkyl halides is 3. The van der Waals surface area contributed by atoms with E-state index in [4.69, 9.17) is 14.7 Å². The fraction of sp³-hybridized carbons (Fsp3) is 0.349. The van der Waals surface area contributed by atoms with Gasteiger partial charge in [0.1, 0.15) is 0 Å². The van der Waals surface area contributed by atoms with E-state index in [1.54, 1.807) is 6.92 Å². The van der Waals surface area contributed by atoms with Crippen LogP contribution in [0.5, 0.6) is 0 Å². The van der Waals surface area contributed by atoms with Crippen LogP contribution in [-0.4, -0.2) is 55.5 Å². The average Bonchev–Trinajstić information content (AvgIpc) is 3.81. The van der Waals surface area contributed by atoms with Gasteiger partial charge >= 0.3 is 12.1 Å². The molecule has 0 radical (unpaired) electrons. The monoisotopic (exact) mass is 765 g/mol. The Balaban J connectivity index is 1.58. The van der Waals surface area contributed by atoms with Gasteiger partial charge in [-0.1, -0.05) is 25.5 Å². The lowest BCUT2D eigenvalue weighted by Gasteiger charge is -2.27. The van der Waals surface area contributed by atoms with Crippen LogP contribution in [0.15, 0.2) is 36.4 Å². The summed E-state index contributed by atoms with van der Waals surface area (Å²) in [5.41, 5.74) is 7.65. The van der Waals surface area contributed by atoms with Crippen molar-refractivity contribution in [1.82, 2.24) is 24.8 Å². The van der Waals surface area contributed by atoms with Gasteiger partial charge in [-0.3, -0.25) is 24.1 Å². The maximum Gasteiger partial charge on any atom is 0.416 e. The number of ketones is 1. The van der Waals surface area contributed by atoms with E-state index >= 15 is 0 Å². The third-order valence-electron chi connectivity index (χ3n) is 11.4. The zero-order valence-electron chi connectivity index (χ0n) is 32.5. The molecule has 56 heavy (non-hydrogen) atoms. The van der Waals surface area contributed by atoms with Crippen molar-refractivity contribution >= 4 is 56.9 Å². The number of methoxy groups -OCH3 is 1. The summed E-state index contributed by atoms with van der Waals surface area (Å²) in [7, 11) is 1.30. The van der Waals surface area contributed by atoms with Crippen molar-refractivity contribution in [3.63, 3.8) is 0 Å². The van der Waals surface area contributed by atoms with E-state index < -0.39 is 42.0 Å². The molecule has 0 saturated heterocycles. The highest BCUT2D eigenvalue weighted by Crippen LogP contribution is 2.45. The minimum atomic E-state index is -4.64. The smallest absolute Gasteiger partial charge is 0.416 e. The molecule has 2 atom stereocenters. The summed E-state index contributed by atoms with van der Waals surface area (Å²) in [5, 5.41) is 0. The molecular weight excluding hydrogens is 723 g/mol. The number of aromatic nitrogens is 4. The lowest BCUT2D eigenvalue weighted by molar-refractivity contribution is -0.141. The molecule has 0 aliphatic carbocycles. The third-order valence-corrected chi connectivity index (χ3v) is 11.4. The number of aromatic amines is 2. The molecule has 8 bridgehead atoms. The minimum Gasteiger partial charge on any atom is -0.469 e. The van der Waals surface area contributed by atoms with E-state index in [0.717, 1.165) is 28.2 Å². The van der Waals surface area contributed by atoms with Crippen LogP contribution in [-0.2, 0) is 27.0 Å². The number of H-pyrrole nitrogens is 2. The predicted octanol–water partition coefficient (Wildman–Crippen LogP) is 9.17. The van der Waals surface area contributed by atoms with Crippen molar-refractivity contribution in [2.45, 2.75) is 92.3 Å². The van der Waals surface area contributed by atoms with Crippen LogP contribution in [0, 0.1) is 13.8 Å². The van der Waals surface area contributed by atoms with Crippen molar-refractivity contribution in [2.75, 3.05) is 7.11 Å². The number of carbonyl (C=O) groups is 4. The highest BCUT2D eigenvalue weighted by Gasteiger charge is 2.41. The fourth-order valence-electron chi connectivity index (χ4n) is 8.42. The Hall–Kier alpha value is -5.85. The second-order valence-corrected chi connectivity index (χ2v) is 14.9. The number of nitrogens with zero attached hydrogens (tertiary/aromatic N) is 3. The first kappa shape index (κ1) is 38.4. The lowest BCUT2D eigenvalue weighted by atomic mass is 9.84. The van der Waals surface area contributed by atoms with Crippen molar-refractivity contribution in [3.05, 3.63) is 104 Å². The van der Waals surface area contributed by atoms with Crippen LogP contribution in [0.3, 0.4) is 0 Å². The normalized spacial score (nSPS) is 17.5. The molecule has 2 N–H and O–H groups in total. The number of aryl methyl sites for hydroxylation is 2. The standard InChI is InChI=1S/C43H42F3N5O5/c1-9-27-20(3)29-17-34-36(24(7)52)22(5)31(48-34)15-30-21(4)28(10-11-35(53)56-8)39(49-30)38-40-37(23(6)32(50-40)16-33(27)47-29)41(54)51(42(38)55)18-25-12-19(2)13-26(14-25)43(44,45)46/h12-17,21,28,49-50H,9-11,18H2,1-8H3/t21-,28-/m0/s1. The summed E-state index contributed by atoms with van der Waals surface area (Å²) >= 11 is 0. The van der Waals surface area contributed by atoms with Gasteiger partial charge in [0.05, 0.1) is 58.6 Å². The quantitative estimate of drug-likeness (QED) is 0.181. The number of Topliss-reactive ketones (excluding diaryl/α,β-unsaturated/α-hetero) is 1. The molecule has 2 aromatic heterocycles. The zero-order chi connectivity index (χ0) is 40.5. The highest BCUT2D eigenvalue weighted by molar-refractivity contribution is 6.27. The molecule has 0 spiro atoms. The number of hydrogen-bond donors (Lipinski definition) is 2. The number of halogens is 3. The fourth-order valence-corrected chi connectivity index (χ4v) is 8.42. The SMILES string of the molecule is CCC1=C(C)c2cc3nc(cc4[nH]c(c5c6[nH]c(cc1n2)c(C)c6C(=O)N(Cc1cc(C)cc(C(F)(F)F)c1)C5=O)[C@@H](CCC(=O)OC)[C@@H]4C)C(C)=C3C(C)=O. The first-order valence-corrected chi connectivity index (χ1v) is 18.5. The predicted molar refractivity (Wildman–Crippen MR) is 206 cm³/mol. The second-order valence-electron chi connectivity index (χ2n) is 14.9. The molecule has 6 heterocycles. The maximum atomic E-state index is 14.9. The van der Waals surface area contributed by atoms with Crippen molar-refractivity contribution in [1.29, 1.82) is 0 Å². The van der Waals surface area contributed by atoms with E-state index in [2.05, 4.69) is 9.97 Å². The minimum absolute atomic E-state index is 0.0262. The number of ether oxygens (including phenoxy) is 1. The van der Waals surface area contributed by atoms with Gasteiger partial charge in [-0.15, -0.1) is 0 Å². The van der Waals surface area contributed by atoms with Crippen LogP contribution < -0.4 is 0 Å². The first-order chi connectivity index (χ1) is 26.4. The van der Waals surface area contributed by atoms with Gasteiger partial charge in [0.2, 0.25) is 0 Å². The number of carbonyl (C=O) groups excluding carboxylic acids is 4. The lowest BCUT2D eigenvalue weighted by Crippen LogP contribution is -2.40. The molecule has 290 valence electrons. The molecule has 4 aliphatic heterocycles. The number of allylic oxidation sites excluding steroid dienone is 4. The number of hydrogen-bond acceptors (Lipinski definition) is 7. The Labute approximate surface area is 321 Å². The Morgan fingerprint density at radius 2 is 1.55 bits per heavy atom. The summed E-state index contributed by atoms with van der Waals surface area (Å²) in [6.45, 7) is 12.1. The van der Waals surface area contributed by atoms with Crippen LogP contribution in [0.2, 0.25) is 0 Å². The molecule has 0 saturated carbocycles. The number of benzene rings is 1. The summed E-state index contributed by atoms with van der Waals surface area (Å²) in [5.74, 6) is -2.74. The van der Waals surface area contributed by atoms with Crippen LogP contribution in [0.25, 0.3) is 33.3 Å². The Kier molecular flexibility index (Phi) is 9.62.